The molecule has 9 heteroatoms. The summed E-state index contributed by atoms with van der Waals surface area (Å²) >= 11 is 1.33. The number of carbonyl (C=O) groups is 1. The molecule has 138 valence electrons. The van der Waals surface area contributed by atoms with E-state index in [1.165, 1.54) is 11.8 Å². The molecule has 0 bridgehead atoms. The number of methoxy groups -OCH3 is 1. The van der Waals surface area contributed by atoms with Gasteiger partial charge in [0.05, 0.1) is 34.4 Å². The lowest BCUT2D eigenvalue weighted by Crippen LogP contribution is -2.22. The monoisotopic (exact) mass is 383 g/mol. The van der Waals surface area contributed by atoms with Crippen LogP contribution in [-0.2, 0) is 4.79 Å². The highest BCUT2D eigenvalue weighted by atomic mass is 32.2. The van der Waals surface area contributed by atoms with Gasteiger partial charge in [0.2, 0.25) is 5.91 Å². The predicted molar refractivity (Wildman–Crippen MR) is 106 cm³/mol. The van der Waals surface area contributed by atoms with Crippen LogP contribution < -0.4 is 15.7 Å². The third-order valence-corrected chi connectivity index (χ3v) is 5.09. The van der Waals surface area contributed by atoms with Crippen molar-refractivity contribution in [1.29, 1.82) is 0 Å². The number of aromatic amines is 3. The summed E-state index contributed by atoms with van der Waals surface area (Å²) in [6, 6.07) is 10.8. The maximum Gasteiger partial charge on any atom is 0.323 e. The van der Waals surface area contributed by atoms with Crippen LogP contribution in [0.3, 0.4) is 0 Å². The van der Waals surface area contributed by atoms with Crippen molar-refractivity contribution < 1.29 is 9.53 Å². The number of imidazole rings is 2. The average molecular weight is 383 g/mol. The predicted octanol–water partition coefficient (Wildman–Crippen LogP) is 2.86. The quantitative estimate of drug-likeness (QED) is 0.396. The Morgan fingerprint density at radius 3 is 2.74 bits per heavy atom. The lowest BCUT2D eigenvalue weighted by molar-refractivity contribution is -0.115. The zero-order valence-electron chi connectivity index (χ0n) is 14.6. The minimum atomic E-state index is -0.367. The molecule has 1 unspecified atom stereocenters. The summed E-state index contributed by atoms with van der Waals surface area (Å²) in [5, 5.41) is 3.15. The maximum atomic E-state index is 12.5. The van der Waals surface area contributed by atoms with Crippen molar-refractivity contribution in [2.75, 3.05) is 12.4 Å². The van der Waals surface area contributed by atoms with Crippen LogP contribution in [-0.4, -0.2) is 38.2 Å². The Balaban J connectivity index is 1.47. The molecular formula is C18H17N5O3S. The van der Waals surface area contributed by atoms with Crippen molar-refractivity contribution in [2.24, 2.45) is 0 Å². The van der Waals surface area contributed by atoms with Gasteiger partial charge in [-0.2, -0.15) is 0 Å². The average Bonchev–Trinajstić information content (AvgIpc) is 3.21. The number of rotatable bonds is 5. The van der Waals surface area contributed by atoms with E-state index in [-0.39, 0.29) is 16.8 Å². The second kappa shape index (κ2) is 6.84. The fourth-order valence-electron chi connectivity index (χ4n) is 2.72. The Morgan fingerprint density at radius 2 is 1.93 bits per heavy atom. The number of aromatic nitrogens is 4. The first-order valence-electron chi connectivity index (χ1n) is 8.25. The lowest BCUT2D eigenvalue weighted by Gasteiger charge is -2.10. The SMILES string of the molecule is COc1ccc2nc(SC(C)C(=O)Nc3ccc4[nH]c(=O)[nH]c4c3)[nH]c2c1. The zero-order valence-corrected chi connectivity index (χ0v) is 15.4. The van der Waals surface area contributed by atoms with Crippen LogP contribution in [0.4, 0.5) is 5.69 Å². The summed E-state index contributed by atoms with van der Waals surface area (Å²) in [5.74, 6) is 0.585. The molecule has 0 radical (unpaired) electrons. The van der Waals surface area contributed by atoms with Crippen molar-refractivity contribution in [1.82, 2.24) is 19.9 Å². The molecule has 1 amide bonds. The molecule has 0 aliphatic carbocycles. The van der Waals surface area contributed by atoms with Crippen LogP contribution in [0.5, 0.6) is 5.75 Å². The second-order valence-corrected chi connectivity index (χ2v) is 7.34. The zero-order chi connectivity index (χ0) is 19.0. The molecule has 1 atom stereocenters. The van der Waals surface area contributed by atoms with Gasteiger partial charge in [0, 0.05) is 11.8 Å². The molecule has 2 aromatic heterocycles. The first-order chi connectivity index (χ1) is 13.0. The highest BCUT2D eigenvalue weighted by Gasteiger charge is 2.17. The molecular weight excluding hydrogens is 366 g/mol. The van der Waals surface area contributed by atoms with Gasteiger partial charge in [-0.05, 0) is 37.3 Å². The van der Waals surface area contributed by atoms with Crippen LogP contribution in [0.15, 0.2) is 46.3 Å². The molecule has 0 fully saturated rings. The summed E-state index contributed by atoms with van der Waals surface area (Å²) in [5.41, 5.74) is 3.34. The van der Waals surface area contributed by atoms with Gasteiger partial charge in [-0.25, -0.2) is 9.78 Å². The van der Waals surface area contributed by atoms with Crippen LogP contribution in [0.25, 0.3) is 22.1 Å². The third-order valence-electron chi connectivity index (χ3n) is 4.11. The first-order valence-corrected chi connectivity index (χ1v) is 9.13. The van der Waals surface area contributed by atoms with Gasteiger partial charge < -0.3 is 25.0 Å². The van der Waals surface area contributed by atoms with Crippen molar-refractivity contribution in [3.63, 3.8) is 0 Å². The smallest absolute Gasteiger partial charge is 0.323 e. The van der Waals surface area contributed by atoms with Gasteiger partial charge in [0.1, 0.15) is 5.75 Å². The summed E-state index contributed by atoms with van der Waals surface area (Å²) in [6.07, 6.45) is 0. The molecule has 4 rings (SSSR count). The Hall–Kier alpha value is -3.20. The summed E-state index contributed by atoms with van der Waals surface area (Å²) in [4.78, 5) is 36.9. The summed E-state index contributed by atoms with van der Waals surface area (Å²) < 4.78 is 5.21. The Labute approximate surface area is 157 Å². The highest BCUT2D eigenvalue weighted by Crippen LogP contribution is 2.26. The number of anilines is 1. The van der Waals surface area contributed by atoms with E-state index < -0.39 is 0 Å². The van der Waals surface area contributed by atoms with Crippen molar-refractivity contribution >= 4 is 45.4 Å². The molecule has 4 N–H and O–H groups in total. The highest BCUT2D eigenvalue weighted by molar-refractivity contribution is 8.00. The lowest BCUT2D eigenvalue weighted by atomic mass is 10.2. The topological polar surface area (TPSA) is 116 Å². The first kappa shape index (κ1) is 17.2. The van der Waals surface area contributed by atoms with Crippen LogP contribution in [0.1, 0.15) is 6.92 Å². The van der Waals surface area contributed by atoms with Gasteiger partial charge in [0.15, 0.2) is 5.16 Å². The van der Waals surface area contributed by atoms with Gasteiger partial charge >= 0.3 is 5.69 Å². The van der Waals surface area contributed by atoms with E-state index in [0.29, 0.717) is 21.9 Å². The fourth-order valence-corrected chi connectivity index (χ4v) is 3.54. The van der Waals surface area contributed by atoms with Gasteiger partial charge in [0.25, 0.3) is 0 Å². The van der Waals surface area contributed by atoms with Gasteiger partial charge in [-0.3, -0.25) is 4.79 Å². The Morgan fingerprint density at radius 1 is 1.11 bits per heavy atom. The minimum Gasteiger partial charge on any atom is -0.497 e. The minimum absolute atomic E-state index is 0.157. The van der Waals surface area contributed by atoms with Crippen molar-refractivity contribution in [3.05, 3.63) is 46.9 Å². The number of hydrogen-bond acceptors (Lipinski definition) is 5. The van der Waals surface area contributed by atoms with E-state index in [4.69, 9.17) is 4.74 Å². The van der Waals surface area contributed by atoms with Gasteiger partial charge in [-0.15, -0.1) is 0 Å². The standard InChI is InChI=1S/C18H17N5O3S/c1-9(27-18-22-13-6-4-11(26-2)8-15(13)23-18)16(24)19-10-3-5-12-14(7-10)21-17(25)20-12/h3-9H,1-2H3,(H,19,24)(H,22,23)(H2,20,21,25). The van der Waals surface area contributed by atoms with E-state index in [9.17, 15) is 9.59 Å². The molecule has 0 aliphatic heterocycles. The largest absolute Gasteiger partial charge is 0.497 e. The van der Waals surface area contributed by atoms with E-state index in [1.807, 2.05) is 25.1 Å². The van der Waals surface area contributed by atoms with Crippen LogP contribution in [0.2, 0.25) is 0 Å². The molecule has 0 aliphatic rings. The van der Waals surface area contributed by atoms with Gasteiger partial charge in [-0.1, -0.05) is 11.8 Å². The van der Waals surface area contributed by atoms with E-state index in [1.54, 1.807) is 25.3 Å². The number of benzene rings is 2. The molecule has 0 saturated heterocycles. The molecule has 2 heterocycles. The number of carbonyl (C=O) groups excluding carboxylic acids is 1. The number of thioether (sulfide) groups is 1. The van der Waals surface area contributed by atoms with Crippen molar-refractivity contribution in [3.8, 4) is 5.75 Å². The molecule has 0 saturated carbocycles. The van der Waals surface area contributed by atoms with E-state index in [2.05, 4.69) is 25.3 Å². The fraction of sp³-hybridized carbons (Fsp3) is 0.167. The molecule has 4 aromatic rings. The van der Waals surface area contributed by atoms with Crippen LogP contribution in [0, 0.1) is 0 Å². The maximum absolute atomic E-state index is 12.5. The molecule has 0 spiro atoms. The number of nitrogens with zero attached hydrogens (tertiary/aromatic N) is 1. The third kappa shape index (κ3) is 3.54. The Kier molecular flexibility index (Phi) is 4.36. The summed E-state index contributed by atoms with van der Waals surface area (Å²) in [7, 11) is 1.61. The van der Waals surface area contributed by atoms with Crippen LogP contribution >= 0.6 is 11.8 Å². The summed E-state index contributed by atoms with van der Waals surface area (Å²) in [6.45, 7) is 1.81. The molecule has 27 heavy (non-hydrogen) atoms. The van der Waals surface area contributed by atoms with Crippen molar-refractivity contribution in [2.45, 2.75) is 17.3 Å². The second-order valence-electron chi connectivity index (χ2n) is 6.01. The van der Waals surface area contributed by atoms with E-state index >= 15 is 0 Å². The number of ether oxygens (including phenoxy) is 1. The number of H-pyrrole nitrogens is 3. The number of fused-ring (bicyclic) bond motifs is 2. The normalized spacial score (nSPS) is 12.4. The number of hydrogen-bond donors (Lipinski definition) is 4. The number of nitrogens with one attached hydrogen (secondary N) is 4. The van der Waals surface area contributed by atoms with E-state index in [0.717, 1.165) is 16.8 Å². The molecule has 8 nitrogen and oxygen atoms in total. The Bertz CT molecular complexity index is 1190. The number of amides is 1. The molecule has 2 aromatic carbocycles.